The number of rotatable bonds is 7. The first-order chi connectivity index (χ1) is 7.35. The average Bonchev–Trinajstić information content (AvgIpc) is 2.79. The van der Waals surface area contributed by atoms with Crippen LogP contribution in [0.4, 0.5) is 0 Å². The van der Waals surface area contributed by atoms with Gasteiger partial charge in [0, 0.05) is 23.5 Å². The predicted molar refractivity (Wildman–Crippen MR) is 67.1 cm³/mol. The van der Waals surface area contributed by atoms with E-state index in [0.29, 0.717) is 0 Å². The van der Waals surface area contributed by atoms with E-state index in [0.717, 1.165) is 6.42 Å². The van der Waals surface area contributed by atoms with Gasteiger partial charge in [-0.25, -0.2) is 0 Å². The Morgan fingerprint density at radius 1 is 0.875 bits per heavy atom. The second kappa shape index (κ2) is 5.45. The van der Waals surface area contributed by atoms with Gasteiger partial charge >= 0.3 is 8.80 Å². The molecule has 0 spiro atoms. The topological polar surface area (TPSA) is 27.7 Å². The summed E-state index contributed by atoms with van der Waals surface area (Å²) >= 11 is 0. The van der Waals surface area contributed by atoms with Crippen molar-refractivity contribution in [2.45, 2.75) is 66.3 Å². The van der Waals surface area contributed by atoms with Gasteiger partial charge in [0.15, 0.2) is 0 Å². The number of allylic oxidation sites excluding steroid dienone is 2. The Labute approximate surface area is 100 Å². The fraction of sp³-hybridized carbons (Fsp3) is 0.833. The van der Waals surface area contributed by atoms with Gasteiger partial charge in [-0.3, -0.25) is 0 Å². The lowest BCUT2D eigenvalue weighted by Crippen LogP contribution is -2.50. The Morgan fingerprint density at radius 2 is 1.19 bits per heavy atom. The van der Waals surface area contributed by atoms with Gasteiger partial charge in [0.1, 0.15) is 0 Å². The fourth-order valence-electron chi connectivity index (χ4n) is 1.54. The molecule has 0 aromatic rings. The van der Waals surface area contributed by atoms with Crippen LogP contribution in [-0.2, 0) is 13.3 Å². The minimum absolute atomic E-state index is 0.130. The van der Waals surface area contributed by atoms with Gasteiger partial charge in [0.05, 0.1) is 0 Å². The highest BCUT2D eigenvalue weighted by Gasteiger charge is 2.51. The van der Waals surface area contributed by atoms with Gasteiger partial charge in [-0.2, -0.15) is 0 Å². The predicted octanol–water partition coefficient (Wildman–Crippen LogP) is 3.07. The van der Waals surface area contributed by atoms with Crippen LogP contribution in [0.1, 0.15) is 48.0 Å². The summed E-state index contributed by atoms with van der Waals surface area (Å²) in [5.74, 6) is 0. The zero-order valence-electron chi connectivity index (χ0n) is 11.2. The van der Waals surface area contributed by atoms with Gasteiger partial charge in [-0.05, 0) is 48.0 Å². The highest BCUT2D eigenvalue weighted by Crippen LogP contribution is 2.35. The van der Waals surface area contributed by atoms with Crippen LogP contribution in [0.3, 0.4) is 0 Å². The number of hydrogen-bond acceptors (Lipinski definition) is 3. The maximum Gasteiger partial charge on any atom is 0.533 e. The van der Waals surface area contributed by atoms with Crippen LogP contribution in [0.15, 0.2) is 11.3 Å². The maximum absolute atomic E-state index is 6.01. The van der Waals surface area contributed by atoms with E-state index >= 15 is 0 Å². The van der Waals surface area contributed by atoms with Crippen molar-refractivity contribution in [3.63, 3.8) is 0 Å². The van der Waals surface area contributed by atoms with Crippen molar-refractivity contribution in [2.24, 2.45) is 0 Å². The molecule has 0 saturated heterocycles. The van der Waals surface area contributed by atoms with Crippen LogP contribution in [-0.4, -0.2) is 27.1 Å². The molecule has 1 aliphatic rings. The molecule has 0 aliphatic heterocycles. The maximum atomic E-state index is 6.01. The van der Waals surface area contributed by atoms with Crippen molar-refractivity contribution in [3.05, 3.63) is 11.3 Å². The van der Waals surface area contributed by atoms with E-state index in [-0.39, 0.29) is 18.3 Å². The van der Waals surface area contributed by atoms with Crippen molar-refractivity contribution in [3.8, 4) is 0 Å². The summed E-state index contributed by atoms with van der Waals surface area (Å²) in [6.45, 7) is 12.2. The molecule has 0 unspecified atom stereocenters. The normalized spacial score (nSPS) is 16.2. The summed E-state index contributed by atoms with van der Waals surface area (Å²) in [7, 11) is -2.59. The first kappa shape index (κ1) is 13.9. The standard InChI is InChI=1S/C12H24O3Si/c1-9(2)13-16(12-7-8-12,14-10(3)4)15-11(5)6/h7,9-11H,8H2,1-6H3. The highest BCUT2D eigenvalue weighted by molar-refractivity contribution is 6.70. The molecule has 0 N–H and O–H groups in total. The summed E-state index contributed by atoms with van der Waals surface area (Å²) in [5, 5.41) is 1.24. The lowest BCUT2D eigenvalue weighted by atomic mass is 10.5. The summed E-state index contributed by atoms with van der Waals surface area (Å²) < 4.78 is 18.0. The van der Waals surface area contributed by atoms with Crippen LogP contribution < -0.4 is 0 Å². The molecule has 0 saturated carbocycles. The Bertz CT molecular complexity index is 232. The van der Waals surface area contributed by atoms with Gasteiger partial charge in [0.25, 0.3) is 0 Å². The summed E-state index contributed by atoms with van der Waals surface area (Å²) in [6, 6.07) is 0. The monoisotopic (exact) mass is 244 g/mol. The smallest absolute Gasteiger partial charge is 0.368 e. The third-order valence-corrected chi connectivity index (χ3v) is 5.51. The van der Waals surface area contributed by atoms with Crippen LogP contribution in [0.5, 0.6) is 0 Å². The molecule has 0 amide bonds. The Balaban J connectivity index is 2.80. The molecule has 0 radical (unpaired) electrons. The minimum atomic E-state index is -2.59. The van der Waals surface area contributed by atoms with E-state index in [4.69, 9.17) is 13.3 Å². The van der Waals surface area contributed by atoms with E-state index in [2.05, 4.69) is 6.08 Å². The molecule has 94 valence electrons. The van der Waals surface area contributed by atoms with Gasteiger partial charge < -0.3 is 13.3 Å². The molecule has 0 aromatic carbocycles. The molecule has 0 bridgehead atoms. The highest BCUT2D eigenvalue weighted by atomic mass is 28.4. The molecule has 3 nitrogen and oxygen atoms in total. The van der Waals surface area contributed by atoms with Crippen molar-refractivity contribution >= 4 is 8.80 Å². The lowest BCUT2D eigenvalue weighted by Gasteiger charge is -2.33. The second-order valence-electron chi connectivity index (χ2n) is 4.99. The summed E-state index contributed by atoms with van der Waals surface area (Å²) in [6.07, 6.45) is 3.53. The molecular weight excluding hydrogens is 220 g/mol. The SMILES string of the molecule is CC(C)O[Si](OC(C)C)(OC(C)C)C1=CC1. The van der Waals surface area contributed by atoms with Gasteiger partial charge in [-0.15, -0.1) is 0 Å². The third kappa shape index (κ3) is 4.01. The molecule has 1 aliphatic carbocycles. The molecule has 4 heteroatoms. The molecule has 0 fully saturated rings. The Hall–Kier alpha value is -0.163. The van der Waals surface area contributed by atoms with Crippen LogP contribution >= 0.6 is 0 Å². The van der Waals surface area contributed by atoms with Crippen LogP contribution in [0, 0.1) is 0 Å². The quantitative estimate of drug-likeness (QED) is 0.644. The molecule has 0 aromatic heterocycles. The van der Waals surface area contributed by atoms with Crippen molar-refractivity contribution in [1.29, 1.82) is 0 Å². The van der Waals surface area contributed by atoms with Crippen molar-refractivity contribution in [2.75, 3.05) is 0 Å². The van der Waals surface area contributed by atoms with Gasteiger partial charge in [0.2, 0.25) is 0 Å². The molecule has 0 heterocycles. The first-order valence-electron chi connectivity index (χ1n) is 6.08. The molecule has 16 heavy (non-hydrogen) atoms. The molecule has 0 atom stereocenters. The van der Waals surface area contributed by atoms with E-state index in [1.807, 2.05) is 41.5 Å². The molecule has 1 rings (SSSR count). The van der Waals surface area contributed by atoms with Crippen LogP contribution in [0.2, 0.25) is 0 Å². The lowest BCUT2D eigenvalue weighted by molar-refractivity contribution is 0.0120. The van der Waals surface area contributed by atoms with E-state index in [1.165, 1.54) is 5.20 Å². The summed E-state index contributed by atoms with van der Waals surface area (Å²) in [4.78, 5) is 0. The largest absolute Gasteiger partial charge is 0.533 e. The van der Waals surface area contributed by atoms with E-state index < -0.39 is 8.80 Å². The minimum Gasteiger partial charge on any atom is -0.368 e. The summed E-state index contributed by atoms with van der Waals surface area (Å²) in [5.41, 5.74) is 0. The second-order valence-corrected chi connectivity index (χ2v) is 7.45. The zero-order valence-corrected chi connectivity index (χ0v) is 12.2. The Kier molecular flexibility index (Phi) is 4.73. The van der Waals surface area contributed by atoms with E-state index in [1.54, 1.807) is 0 Å². The van der Waals surface area contributed by atoms with Crippen molar-refractivity contribution < 1.29 is 13.3 Å². The zero-order chi connectivity index (χ0) is 12.3. The van der Waals surface area contributed by atoms with Crippen molar-refractivity contribution in [1.82, 2.24) is 0 Å². The fourth-order valence-corrected chi connectivity index (χ4v) is 4.63. The number of hydrogen-bond donors (Lipinski definition) is 0. The average molecular weight is 244 g/mol. The van der Waals surface area contributed by atoms with E-state index in [9.17, 15) is 0 Å². The first-order valence-corrected chi connectivity index (χ1v) is 7.81. The van der Waals surface area contributed by atoms with Crippen LogP contribution in [0.25, 0.3) is 0 Å². The Morgan fingerprint density at radius 3 is 1.38 bits per heavy atom. The molecular formula is C12H24O3Si. The third-order valence-electron chi connectivity index (χ3n) is 1.97. The van der Waals surface area contributed by atoms with Gasteiger partial charge in [-0.1, -0.05) is 6.08 Å².